The Morgan fingerprint density at radius 3 is 2.00 bits per heavy atom. The van der Waals surface area contributed by atoms with Crippen LogP contribution in [0.25, 0.3) is 0 Å². The van der Waals surface area contributed by atoms with Gasteiger partial charge in [-0.2, -0.15) is 0 Å². The van der Waals surface area contributed by atoms with Crippen molar-refractivity contribution in [3.8, 4) is 5.95 Å². The summed E-state index contributed by atoms with van der Waals surface area (Å²) in [5.74, 6) is 1.48. The van der Waals surface area contributed by atoms with E-state index < -0.39 is 0 Å². The van der Waals surface area contributed by atoms with E-state index in [0.29, 0.717) is 10.4 Å². The van der Waals surface area contributed by atoms with Crippen LogP contribution in [0.1, 0.15) is 20.8 Å². The fraction of sp³-hybridized carbons (Fsp3) is 0.636. The average Bonchev–Trinajstić information content (AvgIpc) is 2.29. The van der Waals surface area contributed by atoms with Crippen molar-refractivity contribution in [2.45, 2.75) is 26.4 Å². The number of furan rings is 1. The van der Waals surface area contributed by atoms with Gasteiger partial charge in [-0.15, -0.1) is 0 Å². The van der Waals surface area contributed by atoms with Crippen molar-refractivity contribution < 1.29 is 9.15 Å². The van der Waals surface area contributed by atoms with E-state index >= 15 is 0 Å². The van der Waals surface area contributed by atoms with Gasteiger partial charge in [0, 0.05) is 12.1 Å². The van der Waals surface area contributed by atoms with E-state index in [1.165, 1.54) is 0 Å². The van der Waals surface area contributed by atoms with E-state index in [9.17, 15) is 0 Å². The summed E-state index contributed by atoms with van der Waals surface area (Å²) in [7, 11) is 6.17. The first-order chi connectivity index (χ1) is 6.18. The van der Waals surface area contributed by atoms with Crippen LogP contribution < -0.4 is 9.22 Å². The second-order valence-electron chi connectivity index (χ2n) is 5.32. The molecule has 0 atom stereocenters. The molecule has 0 aliphatic carbocycles. The van der Waals surface area contributed by atoms with Gasteiger partial charge in [-0.05, 0) is 20.8 Å². The van der Waals surface area contributed by atoms with Crippen molar-refractivity contribution in [3.63, 3.8) is 0 Å². The molecule has 1 aromatic rings. The van der Waals surface area contributed by atoms with Gasteiger partial charge in [0.05, 0.1) is 21.1 Å². The van der Waals surface area contributed by atoms with Gasteiger partial charge in [0.15, 0.2) is 0 Å². The number of hydrogen-bond acceptors (Lipinski definition) is 2. The average molecular weight is 321 g/mol. The van der Waals surface area contributed by atoms with Crippen LogP contribution in [0.2, 0.25) is 0 Å². The maximum atomic E-state index is 5.60. The minimum absolute atomic E-state index is 0. The molecule has 0 spiro atoms. The number of hydrogen-bond donors (Lipinski definition) is 0. The molecule has 4 heteroatoms. The second kappa shape index (κ2) is 4.78. The molecular weight excluding hydrogens is 297 g/mol. The van der Waals surface area contributed by atoms with E-state index in [0.717, 1.165) is 5.88 Å². The molecule has 0 bridgehead atoms. The Morgan fingerprint density at radius 2 is 1.67 bits per heavy atom. The zero-order chi connectivity index (χ0) is 11.0. The van der Waals surface area contributed by atoms with Crippen molar-refractivity contribution in [1.82, 2.24) is 4.48 Å². The topological polar surface area (TPSA) is 22.4 Å². The van der Waals surface area contributed by atoms with Crippen molar-refractivity contribution in [2.75, 3.05) is 21.1 Å². The first-order valence-corrected chi connectivity index (χ1v) is 4.79. The molecule has 0 amide bonds. The molecule has 3 nitrogen and oxygen atoms in total. The molecule has 0 saturated heterocycles. The van der Waals surface area contributed by atoms with Gasteiger partial charge < -0.3 is 9.15 Å². The van der Waals surface area contributed by atoms with Crippen molar-refractivity contribution in [3.05, 3.63) is 12.1 Å². The van der Waals surface area contributed by atoms with Gasteiger partial charge >= 0.3 is 23.9 Å². The summed E-state index contributed by atoms with van der Waals surface area (Å²) >= 11 is 0. The Balaban J connectivity index is 0.00000196. The summed E-state index contributed by atoms with van der Waals surface area (Å²) in [5, 5.41) is 0. The Labute approximate surface area is 109 Å². The maximum absolute atomic E-state index is 5.60. The Kier molecular flexibility index (Phi) is 4.73. The molecule has 0 aliphatic heterocycles. The molecule has 0 radical (unpaired) electrons. The van der Waals surface area contributed by atoms with E-state index in [-0.39, 0.29) is 29.5 Å². The summed E-state index contributed by atoms with van der Waals surface area (Å²) in [5.41, 5.74) is -0.208. The first kappa shape index (κ1) is 14.8. The van der Waals surface area contributed by atoms with Gasteiger partial charge in [0.1, 0.15) is 5.60 Å². The van der Waals surface area contributed by atoms with Gasteiger partial charge in [0.2, 0.25) is 0 Å². The molecule has 0 aromatic carbocycles. The third kappa shape index (κ3) is 4.93. The predicted octanol–water partition coefficient (Wildman–Crippen LogP) is 1.20. The zero-order valence-electron chi connectivity index (χ0n) is 9.92. The molecule has 0 aliphatic rings. The first-order valence-electron chi connectivity index (χ1n) is 4.79. The molecule has 1 rings (SSSR count). The molecule has 0 saturated carbocycles. The van der Waals surface area contributed by atoms with E-state index in [2.05, 4.69) is 21.1 Å². The van der Waals surface area contributed by atoms with Crippen LogP contribution in [0, 0.1) is 0 Å². The number of rotatable bonds is 2. The van der Waals surface area contributed by atoms with Crippen molar-refractivity contribution in [2.24, 2.45) is 0 Å². The van der Waals surface area contributed by atoms with Gasteiger partial charge in [-0.1, -0.05) is 0 Å². The van der Waals surface area contributed by atoms with Crippen LogP contribution in [0.5, 0.6) is 5.95 Å². The minimum atomic E-state index is -0.208. The van der Waals surface area contributed by atoms with Gasteiger partial charge in [-0.3, -0.25) is 4.48 Å². The van der Waals surface area contributed by atoms with Crippen molar-refractivity contribution >= 4 is 29.8 Å². The van der Waals surface area contributed by atoms with Crippen LogP contribution in [-0.4, -0.2) is 50.7 Å². The number of nitrogens with zero attached hydrogens (tertiary/aromatic N) is 1. The molecule has 0 fully saturated rings. The third-order valence-electron chi connectivity index (χ3n) is 1.64. The summed E-state index contributed by atoms with van der Waals surface area (Å²) in [6.45, 7) is 6.00. The van der Waals surface area contributed by atoms with E-state index in [1.807, 2.05) is 32.9 Å². The summed E-state index contributed by atoms with van der Waals surface area (Å²) in [6, 6.07) is 3.81. The van der Waals surface area contributed by atoms with Crippen molar-refractivity contribution in [1.29, 1.82) is 0 Å². The normalized spacial score (nSPS) is 12.1. The van der Waals surface area contributed by atoms with Crippen LogP contribution in [0.4, 0.5) is 5.88 Å². The second-order valence-corrected chi connectivity index (χ2v) is 5.32. The summed E-state index contributed by atoms with van der Waals surface area (Å²) in [4.78, 5) is 0. The van der Waals surface area contributed by atoms with Gasteiger partial charge in [0.25, 0.3) is 11.8 Å². The van der Waals surface area contributed by atoms with Crippen LogP contribution in [-0.2, 0) is 0 Å². The zero-order valence-corrected chi connectivity index (χ0v) is 9.92. The molecule has 15 heavy (non-hydrogen) atoms. The molecule has 88 valence electrons. The van der Waals surface area contributed by atoms with Crippen LogP contribution >= 0.6 is 0 Å². The number of ether oxygens (including phenoxy) is 1. The summed E-state index contributed by atoms with van der Waals surface area (Å²) in [6.07, 6.45) is 0. The number of quaternary nitrogens is 1. The predicted molar refractivity (Wildman–Crippen MR) is 70.0 cm³/mol. The Bertz CT molecular complexity index is 307. The van der Waals surface area contributed by atoms with E-state index in [1.54, 1.807) is 0 Å². The summed E-state index contributed by atoms with van der Waals surface area (Å²) < 4.78 is 11.8. The molecule has 1 aromatic heterocycles. The van der Waals surface area contributed by atoms with E-state index in [4.69, 9.17) is 9.15 Å². The molecular formula is C11H24NO2Sn+. The van der Waals surface area contributed by atoms with Crippen LogP contribution in [0.15, 0.2) is 16.5 Å². The fourth-order valence-corrected chi connectivity index (χ4v) is 1.03. The Morgan fingerprint density at radius 1 is 1.13 bits per heavy atom. The van der Waals surface area contributed by atoms with Gasteiger partial charge in [-0.25, -0.2) is 0 Å². The fourth-order valence-electron chi connectivity index (χ4n) is 1.03. The quantitative estimate of drug-likeness (QED) is 0.603. The Hall–Kier alpha value is -0.161. The standard InChI is InChI=1S/C11H20NO2.Sn.4H/c1-11(2,3)14-10-8-7-9(13-10)12(4,5)6;;;;;/h7-8H,1-6H3;;;;;/q+1;;;;;. The SMILES string of the molecule is CC(C)(C)Oc1ccc([N+](C)(C)C)o1.[SnH4]. The molecule has 0 N–H and O–H groups in total. The molecule has 1 heterocycles. The monoisotopic (exact) mass is 322 g/mol. The van der Waals surface area contributed by atoms with Crippen LogP contribution in [0.3, 0.4) is 0 Å². The third-order valence-corrected chi connectivity index (χ3v) is 1.64. The molecule has 0 unspecified atom stereocenters.